The summed E-state index contributed by atoms with van der Waals surface area (Å²) in [4.78, 5) is 64.5. The minimum Gasteiger partial charge on any atom is -0.448 e. The Bertz CT molecular complexity index is 2130. The zero-order valence-electron chi connectivity index (χ0n) is 28.8. The Labute approximate surface area is 326 Å². The van der Waals surface area contributed by atoms with E-state index in [9.17, 15) is 19.2 Å². The van der Waals surface area contributed by atoms with E-state index in [1.54, 1.807) is 24.3 Å². The molecule has 1 fully saturated rings. The van der Waals surface area contributed by atoms with Gasteiger partial charge >= 0.3 is 12.1 Å². The molecule has 18 heteroatoms. The van der Waals surface area contributed by atoms with Crippen LogP contribution < -0.4 is 16.4 Å². The van der Waals surface area contributed by atoms with E-state index in [2.05, 4.69) is 20.8 Å². The van der Waals surface area contributed by atoms with Gasteiger partial charge in [0.2, 0.25) is 5.13 Å². The Balaban J connectivity index is 1.19. The van der Waals surface area contributed by atoms with E-state index in [4.69, 9.17) is 25.5 Å². The number of β-lactam (4-membered cyclic amide) rings is 1. The van der Waals surface area contributed by atoms with Crippen molar-refractivity contribution in [2.24, 2.45) is 10.9 Å². The number of anilines is 1. The maximum atomic E-state index is 15.2. The second-order valence-corrected chi connectivity index (χ2v) is 14.6. The number of benzene rings is 3. The number of esters is 1. The molecule has 0 aliphatic carbocycles. The summed E-state index contributed by atoms with van der Waals surface area (Å²) in [7, 11) is 1.14. The van der Waals surface area contributed by atoms with Gasteiger partial charge in [0.15, 0.2) is 16.9 Å². The lowest BCUT2D eigenvalue weighted by atomic mass is 10.0. The summed E-state index contributed by atoms with van der Waals surface area (Å²) in [5, 5.41) is 15.7. The number of nitrogens with one attached hydrogen (secondary N) is 3. The van der Waals surface area contributed by atoms with Crippen LogP contribution in [0.2, 0.25) is 0 Å². The lowest BCUT2D eigenvalue weighted by molar-refractivity contribution is -0.154. The number of aromatic nitrogens is 1. The Morgan fingerprint density at radius 1 is 1.07 bits per heavy atom. The Morgan fingerprint density at radius 2 is 1.71 bits per heavy atom. The fourth-order valence-electron chi connectivity index (χ4n) is 5.45. The maximum absolute atomic E-state index is 15.2. The predicted octanol–water partition coefficient (Wildman–Crippen LogP) is 5.51. The molecule has 2 aliphatic heterocycles. The Morgan fingerprint density at radius 3 is 2.33 bits per heavy atom. The first kappa shape index (κ1) is 38.7. The molecule has 1 unspecified atom stereocenters. The van der Waals surface area contributed by atoms with Crippen LogP contribution in [0, 0.1) is 10.5 Å². The molecule has 2 aliphatic rings. The molecule has 5 N–H and O–H groups in total. The van der Waals surface area contributed by atoms with Gasteiger partial charge in [0, 0.05) is 10.7 Å². The van der Waals surface area contributed by atoms with Crippen LogP contribution in [-0.2, 0) is 35.3 Å². The van der Waals surface area contributed by atoms with Gasteiger partial charge in [-0.05, 0) is 28.2 Å². The van der Waals surface area contributed by atoms with Crippen molar-refractivity contribution < 1.29 is 37.9 Å². The number of fused-ring (bicyclic) bond motifs is 1. The van der Waals surface area contributed by atoms with E-state index in [0.29, 0.717) is 27.4 Å². The van der Waals surface area contributed by atoms with E-state index in [-0.39, 0.29) is 29.0 Å². The van der Waals surface area contributed by atoms with Gasteiger partial charge in [0.25, 0.3) is 11.8 Å². The van der Waals surface area contributed by atoms with Crippen molar-refractivity contribution in [3.8, 4) is 0 Å². The monoisotopic (exact) mass is 801 g/mol. The number of oxime groups is 1. The number of nitrogens with zero attached hydrogens (tertiary/aromatic N) is 3. The van der Waals surface area contributed by atoms with Gasteiger partial charge in [-0.1, -0.05) is 119 Å². The number of halogens is 1. The number of thiazole rings is 1. The number of carbonyl (C=O) groups is 4. The molecule has 14 nitrogen and oxygen atoms in total. The van der Waals surface area contributed by atoms with Gasteiger partial charge in [-0.3, -0.25) is 25.2 Å². The zero-order chi connectivity index (χ0) is 38.9. The highest BCUT2D eigenvalue weighted by Gasteiger charge is 2.55. The molecular weight excluding hydrogens is 770 g/mol. The van der Waals surface area contributed by atoms with Gasteiger partial charge in [0.05, 0.1) is 0 Å². The fraction of sp³-hybridized carbons (Fsp3) is 0.162. The molecule has 0 spiro atoms. The third kappa shape index (κ3) is 9.22. The van der Waals surface area contributed by atoms with Gasteiger partial charge in [0.1, 0.15) is 42.4 Å². The molecule has 2 atom stereocenters. The highest BCUT2D eigenvalue weighted by molar-refractivity contribution is 8.08. The zero-order valence-corrected chi connectivity index (χ0v) is 31.3. The molecule has 0 radical (unpaired) electrons. The fourth-order valence-corrected chi connectivity index (χ4v) is 8.47. The van der Waals surface area contributed by atoms with Crippen molar-refractivity contribution in [1.29, 1.82) is 5.41 Å². The van der Waals surface area contributed by atoms with Crippen molar-refractivity contribution in [1.82, 2.24) is 15.2 Å². The number of thioether (sulfide) groups is 2. The SMILES string of the molecule is CO/N=C(\C(=O)NC1C(=O)N2C(C(=O)OC(c3ccccc3)c3ccccc3)=C(S/C=C/C(=N)N)CS[C@H]12)c1nc(NC(=O)OCc2ccccc2)sc1F. The normalized spacial score (nSPS) is 16.7. The predicted molar refractivity (Wildman–Crippen MR) is 207 cm³/mol. The number of rotatable bonds is 14. The minimum absolute atomic E-state index is 0.0273. The van der Waals surface area contributed by atoms with Crippen molar-refractivity contribution in [2.45, 2.75) is 24.1 Å². The van der Waals surface area contributed by atoms with Crippen LogP contribution in [0.25, 0.3) is 0 Å². The molecule has 1 aromatic heterocycles. The molecule has 282 valence electrons. The molecule has 0 bridgehead atoms. The van der Waals surface area contributed by atoms with Crippen LogP contribution in [0.3, 0.4) is 0 Å². The van der Waals surface area contributed by atoms with Crippen LogP contribution in [0.1, 0.15) is 28.5 Å². The lowest BCUT2D eigenvalue weighted by Crippen LogP contribution is -2.71. The summed E-state index contributed by atoms with van der Waals surface area (Å²) in [5.41, 5.74) is 6.48. The first-order valence-electron chi connectivity index (χ1n) is 16.4. The van der Waals surface area contributed by atoms with Crippen LogP contribution in [0.4, 0.5) is 14.3 Å². The molecule has 3 amide bonds. The van der Waals surface area contributed by atoms with Crippen LogP contribution in [0.5, 0.6) is 0 Å². The quantitative estimate of drug-likeness (QED) is 0.0413. The highest BCUT2D eigenvalue weighted by Crippen LogP contribution is 2.45. The van der Waals surface area contributed by atoms with Gasteiger partial charge in [-0.25, -0.2) is 14.6 Å². The van der Waals surface area contributed by atoms with Crippen molar-refractivity contribution in [3.63, 3.8) is 0 Å². The average molecular weight is 802 g/mol. The van der Waals surface area contributed by atoms with E-state index < -0.39 is 57.9 Å². The molecule has 0 saturated carbocycles. The van der Waals surface area contributed by atoms with Crippen LogP contribution in [0.15, 0.2) is 118 Å². The van der Waals surface area contributed by atoms with E-state index in [1.165, 1.54) is 28.1 Å². The molecule has 4 aromatic rings. The summed E-state index contributed by atoms with van der Waals surface area (Å²) in [6.07, 6.45) is -0.367. The van der Waals surface area contributed by atoms with Crippen molar-refractivity contribution >= 4 is 75.4 Å². The standard InChI is InChI=1S/C37H32FN7O7S3/c1-50-44-27(26-31(38)55-36(42-26)43-37(49)51-19-21-11-5-2-6-12-21)32(46)41-28-33(47)45-29(24(20-54-34(28)45)53-18-17-25(39)40)35(48)52-30(22-13-7-3-8-14-22)23-15-9-4-10-16-23/h2-18,28,30,34H,19-20H2,1H3,(H3,39,40)(H,41,46)(H,42,43,49)/b18-17+,44-27-/t28?,34-/m1/s1. The van der Waals surface area contributed by atoms with Gasteiger partial charge < -0.3 is 25.4 Å². The minimum atomic E-state index is -1.16. The number of hydrogen-bond donors (Lipinski definition) is 4. The molecule has 6 rings (SSSR count). The summed E-state index contributed by atoms with van der Waals surface area (Å²) < 4.78 is 26.5. The average Bonchev–Trinajstić information content (AvgIpc) is 3.56. The second-order valence-electron chi connectivity index (χ2n) is 11.6. The molecule has 55 heavy (non-hydrogen) atoms. The van der Waals surface area contributed by atoms with E-state index in [0.717, 1.165) is 24.4 Å². The second kappa shape index (κ2) is 17.9. The van der Waals surface area contributed by atoms with Crippen LogP contribution in [-0.4, -0.2) is 69.6 Å². The smallest absolute Gasteiger partial charge is 0.413 e. The number of carbonyl (C=O) groups excluding carboxylic acids is 4. The summed E-state index contributed by atoms with van der Waals surface area (Å²) >= 11 is 2.81. The third-order valence-corrected chi connectivity index (χ3v) is 11.0. The molecule has 3 heterocycles. The first-order valence-corrected chi connectivity index (χ1v) is 19.1. The van der Waals surface area contributed by atoms with Gasteiger partial charge in [-0.2, -0.15) is 4.39 Å². The number of amides is 3. The van der Waals surface area contributed by atoms with Gasteiger partial charge in [-0.15, -0.1) is 11.8 Å². The van der Waals surface area contributed by atoms with E-state index >= 15 is 4.39 Å². The summed E-state index contributed by atoms with van der Waals surface area (Å²) in [6.45, 7) is -0.0393. The molecular formula is C37H32FN7O7S3. The maximum Gasteiger partial charge on any atom is 0.413 e. The summed E-state index contributed by atoms with van der Waals surface area (Å²) in [5.74, 6) is -2.39. The van der Waals surface area contributed by atoms with Crippen molar-refractivity contribution in [3.05, 3.63) is 141 Å². The van der Waals surface area contributed by atoms with E-state index in [1.807, 2.05) is 66.7 Å². The number of nitrogens with two attached hydrogens (primary N) is 1. The number of hydrogen-bond acceptors (Lipinski definition) is 13. The molecule has 3 aromatic carbocycles. The highest BCUT2D eigenvalue weighted by atomic mass is 32.2. The number of ether oxygens (including phenoxy) is 2. The Hall–Kier alpha value is -5.98. The number of amidine groups is 1. The lowest BCUT2D eigenvalue weighted by Gasteiger charge is -2.49. The third-order valence-electron chi connectivity index (χ3n) is 7.93. The Kier molecular flexibility index (Phi) is 12.6. The largest absolute Gasteiger partial charge is 0.448 e. The first-order chi connectivity index (χ1) is 26.6. The molecule has 1 saturated heterocycles. The van der Waals surface area contributed by atoms with Crippen LogP contribution >= 0.6 is 34.9 Å². The topological polar surface area (TPSA) is 198 Å². The van der Waals surface area contributed by atoms with Crippen molar-refractivity contribution in [2.75, 3.05) is 18.2 Å². The summed E-state index contributed by atoms with van der Waals surface area (Å²) in [6, 6.07) is 26.0.